The molecule has 0 saturated heterocycles. The molecule has 2 N–H and O–H groups in total. The highest BCUT2D eigenvalue weighted by Crippen LogP contribution is 2.25. The molecule has 0 aliphatic carbocycles. The van der Waals surface area contributed by atoms with Crippen molar-refractivity contribution in [2.24, 2.45) is 0 Å². The largest absolute Gasteiger partial charge is 0.477 e. The van der Waals surface area contributed by atoms with E-state index in [4.69, 9.17) is 4.52 Å². The van der Waals surface area contributed by atoms with Gasteiger partial charge in [-0.3, -0.25) is 0 Å². The molecule has 5 aromatic rings. The number of hydrogen-bond acceptors (Lipinski definition) is 7. The number of anilines is 1. The number of aromatic hydroxyl groups is 1. The summed E-state index contributed by atoms with van der Waals surface area (Å²) in [6.07, 6.45) is 2.46. The van der Waals surface area contributed by atoms with Gasteiger partial charge in [0.15, 0.2) is 0 Å². The van der Waals surface area contributed by atoms with Gasteiger partial charge < -0.3 is 14.9 Å². The molecule has 0 aliphatic heterocycles. The van der Waals surface area contributed by atoms with Crippen molar-refractivity contribution >= 4 is 16.6 Å². The van der Waals surface area contributed by atoms with Crippen molar-refractivity contribution in [3.05, 3.63) is 84.2 Å². The zero-order valence-corrected chi connectivity index (χ0v) is 17.5. The normalized spacial score (nSPS) is 11.0. The first-order chi connectivity index (χ1) is 15.7. The molecule has 0 radical (unpaired) electrons. The Labute approximate surface area is 184 Å². The smallest absolute Gasteiger partial charge is 0.352 e. The first-order valence-corrected chi connectivity index (χ1v) is 10.3. The molecular weight excluding hydrogens is 402 g/mol. The van der Waals surface area contributed by atoms with Crippen LogP contribution in [-0.4, -0.2) is 31.8 Å². The van der Waals surface area contributed by atoms with E-state index in [1.807, 2.05) is 30.3 Å². The monoisotopic (exact) mass is 423 g/mol. The highest BCUT2D eigenvalue weighted by molar-refractivity contribution is 5.86. The maximum absolute atomic E-state index is 9.24. The fraction of sp³-hybridized carbons (Fsp3) is 0.120. The molecule has 5 rings (SSSR count). The third-order valence-electron chi connectivity index (χ3n) is 5.52. The highest BCUT2D eigenvalue weighted by Gasteiger charge is 2.09. The second-order valence-electron chi connectivity index (χ2n) is 7.51. The van der Waals surface area contributed by atoms with Crippen molar-refractivity contribution < 1.29 is 9.63 Å². The van der Waals surface area contributed by atoms with E-state index in [0.29, 0.717) is 0 Å². The zero-order valence-electron chi connectivity index (χ0n) is 17.5. The maximum Gasteiger partial charge on any atom is 0.352 e. The van der Waals surface area contributed by atoms with Crippen LogP contribution in [0.5, 0.6) is 6.01 Å². The van der Waals surface area contributed by atoms with E-state index in [2.05, 4.69) is 68.7 Å². The molecule has 0 aliphatic rings. The van der Waals surface area contributed by atoms with Crippen LogP contribution in [0.15, 0.2) is 77.6 Å². The zero-order chi connectivity index (χ0) is 21.9. The van der Waals surface area contributed by atoms with Crippen molar-refractivity contribution in [3.63, 3.8) is 0 Å². The first-order valence-electron chi connectivity index (χ1n) is 10.3. The minimum absolute atomic E-state index is 0.267. The predicted molar refractivity (Wildman–Crippen MR) is 123 cm³/mol. The number of nitrogens with one attached hydrogen (secondary N) is 1. The van der Waals surface area contributed by atoms with Gasteiger partial charge in [-0.1, -0.05) is 48.5 Å². The molecule has 0 unspecified atom stereocenters. The Kier molecular flexibility index (Phi) is 5.21. The van der Waals surface area contributed by atoms with E-state index < -0.39 is 0 Å². The maximum atomic E-state index is 9.24. The van der Waals surface area contributed by atoms with Crippen LogP contribution in [0, 0.1) is 6.92 Å². The number of aromatic nitrogens is 4. The van der Waals surface area contributed by atoms with E-state index in [0.717, 1.165) is 35.6 Å². The lowest BCUT2D eigenvalue weighted by molar-refractivity contribution is 0.363. The number of fused-ring (bicyclic) bond motifs is 1. The standard InChI is InChI=1S/C25H21N5O2/c1-16-17(6-7-18-4-2-3-5-21(16)18)12-13-26-23-14-22(27-15-28-23)19-8-10-20(11-9-19)24-29-25(31)30-32-24/h2-11,14-15H,12-13H2,1H3,(H,30,31)(H,26,27,28). The van der Waals surface area contributed by atoms with Gasteiger partial charge in [0, 0.05) is 23.7 Å². The molecule has 158 valence electrons. The molecule has 7 heteroatoms. The minimum Gasteiger partial charge on any atom is -0.477 e. The predicted octanol–water partition coefficient (Wildman–Crippen LogP) is 5.02. The van der Waals surface area contributed by atoms with Gasteiger partial charge in [0.1, 0.15) is 12.1 Å². The lowest BCUT2D eigenvalue weighted by atomic mass is 9.98. The molecule has 0 fully saturated rings. The minimum atomic E-state index is -0.380. The van der Waals surface area contributed by atoms with Crippen LogP contribution in [0.1, 0.15) is 11.1 Å². The van der Waals surface area contributed by atoms with Crippen molar-refractivity contribution in [1.82, 2.24) is 20.1 Å². The summed E-state index contributed by atoms with van der Waals surface area (Å²) in [5.41, 5.74) is 5.12. The first kappa shape index (κ1) is 19.7. The Morgan fingerprint density at radius 3 is 2.56 bits per heavy atom. The van der Waals surface area contributed by atoms with Gasteiger partial charge in [-0.15, -0.1) is 0 Å². The Hall–Kier alpha value is -4.26. The van der Waals surface area contributed by atoms with Gasteiger partial charge in [0.25, 0.3) is 5.89 Å². The third-order valence-corrected chi connectivity index (χ3v) is 5.52. The second-order valence-corrected chi connectivity index (χ2v) is 7.51. The number of aryl methyl sites for hydroxylation is 1. The quantitative estimate of drug-likeness (QED) is 0.396. The van der Waals surface area contributed by atoms with Gasteiger partial charge >= 0.3 is 6.01 Å². The van der Waals surface area contributed by atoms with E-state index in [9.17, 15) is 5.11 Å². The molecular formula is C25H21N5O2. The summed E-state index contributed by atoms with van der Waals surface area (Å²) >= 11 is 0. The van der Waals surface area contributed by atoms with Crippen LogP contribution < -0.4 is 5.32 Å². The number of benzene rings is 3. The molecule has 0 saturated carbocycles. The Morgan fingerprint density at radius 1 is 0.938 bits per heavy atom. The molecule has 3 aromatic carbocycles. The molecule has 0 bridgehead atoms. The van der Waals surface area contributed by atoms with Gasteiger partial charge in [-0.25, -0.2) is 9.97 Å². The van der Waals surface area contributed by atoms with Crippen LogP contribution in [0.3, 0.4) is 0 Å². The molecule has 0 amide bonds. The third kappa shape index (κ3) is 4.00. The van der Waals surface area contributed by atoms with Gasteiger partial charge in [0.05, 0.1) is 5.69 Å². The Morgan fingerprint density at radius 2 is 1.75 bits per heavy atom. The second kappa shape index (κ2) is 8.47. The summed E-state index contributed by atoms with van der Waals surface area (Å²) in [4.78, 5) is 12.6. The lowest BCUT2D eigenvalue weighted by Crippen LogP contribution is -2.07. The highest BCUT2D eigenvalue weighted by atomic mass is 16.5. The average molecular weight is 423 g/mol. The SMILES string of the molecule is Cc1c(CCNc2cc(-c3ccc(-c4nc(O)no4)cc3)ncn2)ccc2ccccc12. The lowest BCUT2D eigenvalue weighted by Gasteiger charge is -2.11. The Bertz CT molecular complexity index is 1380. The van der Waals surface area contributed by atoms with Gasteiger partial charge in [0.2, 0.25) is 0 Å². The van der Waals surface area contributed by atoms with E-state index in [-0.39, 0.29) is 11.9 Å². The molecule has 2 aromatic heterocycles. The van der Waals surface area contributed by atoms with Crippen molar-refractivity contribution in [2.45, 2.75) is 13.3 Å². The molecule has 0 atom stereocenters. The van der Waals surface area contributed by atoms with Crippen molar-refractivity contribution in [2.75, 3.05) is 11.9 Å². The van der Waals surface area contributed by atoms with Gasteiger partial charge in [-0.05, 0) is 52.5 Å². The summed E-state index contributed by atoms with van der Waals surface area (Å²) in [5, 5.41) is 18.6. The molecule has 32 heavy (non-hydrogen) atoms. The fourth-order valence-corrected chi connectivity index (χ4v) is 3.80. The summed E-state index contributed by atoms with van der Waals surface area (Å²) in [5.74, 6) is 1.04. The van der Waals surface area contributed by atoms with Crippen molar-refractivity contribution in [3.8, 4) is 28.7 Å². The van der Waals surface area contributed by atoms with E-state index >= 15 is 0 Å². The van der Waals surface area contributed by atoms with Crippen molar-refractivity contribution in [1.29, 1.82) is 0 Å². The van der Waals surface area contributed by atoms with Crippen LogP contribution in [0.2, 0.25) is 0 Å². The van der Waals surface area contributed by atoms with Crippen LogP contribution >= 0.6 is 0 Å². The van der Waals surface area contributed by atoms with E-state index in [1.54, 1.807) is 6.33 Å². The summed E-state index contributed by atoms with van der Waals surface area (Å²) in [7, 11) is 0. The average Bonchev–Trinajstić information content (AvgIpc) is 3.27. The number of rotatable bonds is 6. The number of hydrogen-bond donors (Lipinski definition) is 2. The van der Waals surface area contributed by atoms with E-state index in [1.165, 1.54) is 21.9 Å². The number of nitrogens with zero attached hydrogens (tertiary/aromatic N) is 4. The van der Waals surface area contributed by atoms with Gasteiger partial charge in [-0.2, -0.15) is 4.98 Å². The molecule has 7 nitrogen and oxygen atoms in total. The summed E-state index contributed by atoms with van der Waals surface area (Å²) in [6.45, 7) is 2.95. The topological polar surface area (TPSA) is 97.0 Å². The molecule has 2 heterocycles. The fourth-order valence-electron chi connectivity index (χ4n) is 3.80. The molecule has 0 spiro atoms. The van der Waals surface area contributed by atoms with Crippen LogP contribution in [-0.2, 0) is 6.42 Å². The van der Waals surface area contributed by atoms with Crippen LogP contribution in [0.4, 0.5) is 5.82 Å². The Balaban J connectivity index is 1.27. The van der Waals surface area contributed by atoms with Crippen LogP contribution in [0.25, 0.3) is 33.5 Å². The summed E-state index contributed by atoms with van der Waals surface area (Å²) in [6, 6.07) is 21.9. The summed E-state index contributed by atoms with van der Waals surface area (Å²) < 4.78 is 4.98.